The van der Waals surface area contributed by atoms with E-state index in [0.29, 0.717) is 15.6 Å². The van der Waals surface area contributed by atoms with Crippen LogP contribution in [0.4, 0.5) is 0 Å². The summed E-state index contributed by atoms with van der Waals surface area (Å²) in [5.74, 6) is 0. The Labute approximate surface area is 80.4 Å². The molecule has 0 radical (unpaired) electrons. The van der Waals surface area contributed by atoms with Gasteiger partial charge in [0, 0.05) is 0 Å². The van der Waals surface area contributed by atoms with Crippen LogP contribution in [0, 0.1) is 0 Å². The summed E-state index contributed by atoms with van der Waals surface area (Å²) in [4.78, 5) is 0. The summed E-state index contributed by atoms with van der Waals surface area (Å²) in [6.07, 6.45) is -0.889. The molecular weight excluding hydrogens is 199 g/mol. The zero-order chi connectivity index (χ0) is 9.14. The molecule has 0 aromatic heterocycles. The first-order valence-electron chi connectivity index (χ1n) is 3.39. The molecule has 2 N–H and O–H groups in total. The van der Waals surface area contributed by atoms with Crippen LogP contribution in [0.1, 0.15) is 11.7 Å². The van der Waals surface area contributed by atoms with Crippen LogP contribution in [-0.4, -0.2) is 16.8 Å². The third kappa shape index (κ3) is 2.11. The summed E-state index contributed by atoms with van der Waals surface area (Å²) in [6, 6.07) is 4.73. The van der Waals surface area contributed by atoms with Crippen LogP contribution in [0.15, 0.2) is 18.2 Å². The SMILES string of the molecule is OCC(O)c1ccc(Cl)c(Cl)c1. The summed E-state index contributed by atoms with van der Waals surface area (Å²) in [5.41, 5.74) is 0.562. The van der Waals surface area contributed by atoms with Gasteiger partial charge >= 0.3 is 0 Å². The second kappa shape index (κ2) is 4.10. The number of aliphatic hydroxyl groups excluding tert-OH is 2. The zero-order valence-corrected chi connectivity index (χ0v) is 7.68. The third-order valence-corrected chi connectivity index (χ3v) is 2.24. The lowest BCUT2D eigenvalue weighted by molar-refractivity contribution is 0.0956. The number of aliphatic hydroxyl groups is 2. The minimum Gasteiger partial charge on any atom is -0.393 e. The van der Waals surface area contributed by atoms with Gasteiger partial charge in [-0.3, -0.25) is 0 Å². The molecule has 1 atom stereocenters. The fourth-order valence-corrected chi connectivity index (χ4v) is 1.13. The van der Waals surface area contributed by atoms with Crippen molar-refractivity contribution < 1.29 is 10.2 Å². The van der Waals surface area contributed by atoms with Gasteiger partial charge in [-0.2, -0.15) is 0 Å². The molecule has 0 aliphatic heterocycles. The number of hydrogen-bond donors (Lipinski definition) is 2. The molecule has 0 heterocycles. The molecule has 66 valence electrons. The maximum absolute atomic E-state index is 9.19. The van der Waals surface area contributed by atoms with Gasteiger partial charge in [0.1, 0.15) is 6.10 Å². The standard InChI is InChI=1S/C8H8Cl2O2/c9-6-2-1-5(3-7(6)10)8(12)4-11/h1-3,8,11-12H,4H2. The van der Waals surface area contributed by atoms with E-state index in [2.05, 4.69) is 0 Å². The maximum Gasteiger partial charge on any atom is 0.102 e. The average molecular weight is 207 g/mol. The van der Waals surface area contributed by atoms with Gasteiger partial charge in [-0.1, -0.05) is 29.3 Å². The highest BCUT2D eigenvalue weighted by molar-refractivity contribution is 6.42. The molecule has 0 aliphatic carbocycles. The van der Waals surface area contributed by atoms with Crippen LogP contribution >= 0.6 is 23.2 Å². The summed E-state index contributed by atoms with van der Waals surface area (Å²) in [6.45, 7) is -0.321. The van der Waals surface area contributed by atoms with E-state index in [4.69, 9.17) is 28.3 Å². The van der Waals surface area contributed by atoms with E-state index in [0.717, 1.165) is 0 Å². The predicted octanol–water partition coefficient (Wildman–Crippen LogP) is 2.02. The van der Waals surface area contributed by atoms with Gasteiger partial charge in [-0.05, 0) is 17.7 Å². The first kappa shape index (κ1) is 9.81. The monoisotopic (exact) mass is 206 g/mol. The second-order valence-electron chi connectivity index (χ2n) is 2.37. The molecule has 0 amide bonds. The Morgan fingerprint density at radius 2 is 1.92 bits per heavy atom. The normalized spacial score (nSPS) is 13.0. The Hall–Kier alpha value is -0.280. The Morgan fingerprint density at radius 1 is 1.25 bits per heavy atom. The van der Waals surface area contributed by atoms with Gasteiger partial charge in [-0.15, -0.1) is 0 Å². The molecule has 0 saturated heterocycles. The minimum absolute atomic E-state index is 0.321. The summed E-state index contributed by atoms with van der Waals surface area (Å²) >= 11 is 11.3. The Bertz CT molecular complexity index is 276. The van der Waals surface area contributed by atoms with E-state index in [-0.39, 0.29) is 6.61 Å². The van der Waals surface area contributed by atoms with Gasteiger partial charge in [0.15, 0.2) is 0 Å². The Morgan fingerprint density at radius 3 is 2.42 bits per heavy atom. The first-order chi connectivity index (χ1) is 5.65. The molecule has 2 nitrogen and oxygen atoms in total. The largest absolute Gasteiger partial charge is 0.393 e. The van der Waals surface area contributed by atoms with E-state index < -0.39 is 6.10 Å². The van der Waals surface area contributed by atoms with Crippen molar-refractivity contribution in [3.05, 3.63) is 33.8 Å². The highest BCUT2D eigenvalue weighted by Gasteiger charge is 2.07. The van der Waals surface area contributed by atoms with E-state index in [1.165, 1.54) is 6.07 Å². The number of benzene rings is 1. The van der Waals surface area contributed by atoms with Crippen LogP contribution in [0.5, 0.6) is 0 Å². The number of rotatable bonds is 2. The van der Waals surface area contributed by atoms with Gasteiger partial charge in [-0.25, -0.2) is 0 Å². The molecule has 1 rings (SSSR count). The fourth-order valence-electron chi connectivity index (χ4n) is 0.825. The van der Waals surface area contributed by atoms with E-state index >= 15 is 0 Å². The molecule has 0 fully saturated rings. The van der Waals surface area contributed by atoms with Crippen molar-refractivity contribution in [2.24, 2.45) is 0 Å². The van der Waals surface area contributed by atoms with Gasteiger partial charge in [0.2, 0.25) is 0 Å². The average Bonchev–Trinajstić information content (AvgIpc) is 2.08. The van der Waals surface area contributed by atoms with Crippen molar-refractivity contribution in [2.75, 3.05) is 6.61 Å². The Kier molecular flexibility index (Phi) is 3.35. The van der Waals surface area contributed by atoms with E-state index in [1.54, 1.807) is 12.1 Å². The third-order valence-electron chi connectivity index (χ3n) is 1.50. The minimum atomic E-state index is -0.889. The molecule has 4 heteroatoms. The van der Waals surface area contributed by atoms with Crippen molar-refractivity contribution in [3.63, 3.8) is 0 Å². The highest BCUT2D eigenvalue weighted by atomic mass is 35.5. The van der Waals surface area contributed by atoms with E-state index in [9.17, 15) is 5.11 Å². The van der Waals surface area contributed by atoms with Crippen LogP contribution in [0.25, 0.3) is 0 Å². The highest BCUT2D eigenvalue weighted by Crippen LogP contribution is 2.25. The summed E-state index contributed by atoms with van der Waals surface area (Å²) < 4.78 is 0. The fraction of sp³-hybridized carbons (Fsp3) is 0.250. The summed E-state index contributed by atoms with van der Waals surface area (Å²) in [5, 5.41) is 18.6. The molecular formula is C8H8Cl2O2. The molecule has 0 saturated carbocycles. The zero-order valence-electron chi connectivity index (χ0n) is 6.17. The van der Waals surface area contributed by atoms with Crippen LogP contribution in [0.2, 0.25) is 10.0 Å². The van der Waals surface area contributed by atoms with Crippen molar-refractivity contribution in [1.82, 2.24) is 0 Å². The van der Waals surface area contributed by atoms with Crippen molar-refractivity contribution in [3.8, 4) is 0 Å². The topological polar surface area (TPSA) is 40.5 Å². The van der Waals surface area contributed by atoms with Crippen LogP contribution < -0.4 is 0 Å². The lowest BCUT2D eigenvalue weighted by Crippen LogP contribution is -2.01. The number of halogens is 2. The molecule has 1 aromatic carbocycles. The van der Waals surface area contributed by atoms with Crippen molar-refractivity contribution in [1.29, 1.82) is 0 Å². The summed E-state index contributed by atoms with van der Waals surface area (Å²) in [7, 11) is 0. The lowest BCUT2D eigenvalue weighted by Gasteiger charge is -2.07. The predicted molar refractivity (Wildman–Crippen MR) is 48.5 cm³/mol. The molecule has 1 aromatic rings. The van der Waals surface area contributed by atoms with Crippen molar-refractivity contribution in [2.45, 2.75) is 6.10 Å². The second-order valence-corrected chi connectivity index (χ2v) is 3.19. The maximum atomic E-state index is 9.19. The van der Waals surface area contributed by atoms with Crippen molar-refractivity contribution >= 4 is 23.2 Å². The van der Waals surface area contributed by atoms with Crippen LogP contribution in [0.3, 0.4) is 0 Å². The van der Waals surface area contributed by atoms with Gasteiger partial charge in [0.05, 0.1) is 16.7 Å². The molecule has 1 unspecified atom stereocenters. The van der Waals surface area contributed by atoms with E-state index in [1.807, 2.05) is 0 Å². The quantitative estimate of drug-likeness (QED) is 0.778. The smallest absolute Gasteiger partial charge is 0.102 e. The number of hydrogen-bond acceptors (Lipinski definition) is 2. The first-order valence-corrected chi connectivity index (χ1v) is 4.14. The van der Waals surface area contributed by atoms with Gasteiger partial charge in [0.25, 0.3) is 0 Å². The lowest BCUT2D eigenvalue weighted by atomic mass is 10.1. The molecule has 0 spiro atoms. The Balaban J connectivity index is 2.96. The van der Waals surface area contributed by atoms with Gasteiger partial charge < -0.3 is 10.2 Å². The van der Waals surface area contributed by atoms with Crippen LogP contribution in [-0.2, 0) is 0 Å². The molecule has 0 aliphatic rings. The molecule has 0 bridgehead atoms. The molecule has 12 heavy (non-hydrogen) atoms.